The number of rotatable bonds is 9. The van der Waals surface area contributed by atoms with Gasteiger partial charge in [-0.1, -0.05) is 200 Å². The van der Waals surface area contributed by atoms with Gasteiger partial charge in [0.05, 0.1) is 16.7 Å². The lowest BCUT2D eigenvalue weighted by molar-refractivity contribution is 1.17. The molecule has 0 aliphatic rings. The van der Waals surface area contributed by atoms with Crippen molar-refractivity contribution in [3.05, 3.63) is 267 Å². The number of hydrogen-bond acceptors (Lipinski definition) is 1. The minimum atomic E-state index is 1.07. The van der Waals surface area contributed by atoms with Crippen LogP contribution < -0.4 is 4.90 Å². The average Bonchev–Trinajstić information content (AvgIpc) is 3.74. The highest BCUT2D eigenvalue weighted by atomic mass is 15.1. The van der Waals surface area contributed by atoms with Crippen molar-refractivity contribution in [2.45, 2.75) is 0 Å². The van der Waals surface area contributed by atoms with Crippen molar-refractivity contribution in [1.82, 2.24) is 4.57 Å². The molecule has 0 atom stereocenters. The number of hydrogen-bond donors (Lipinski definition) is 0. The van der Waals surface area contributed by atoms with E-state index in [0.29, 0.717) is 0 Å². The molecule has 0 aliphatic heterocycles. The van der Waals surface area contributed by atoms with Crippen molar-refractivity contribution in [1.29, 1.82) is 0 Å². The van der Waals surface area contributed by atoms with Crippen LogP contribution in [0, 0.1) is 0 Å². The summed E-state index contributed by atoms with van der Waals surface area (Å²) in [4.78, 5) is 2.42. The van der Waals surface area contributed by atoms with E-state index >= 15 is 0 Å². The van der Waals surface area contributed by atoms with Gasteiger partial charge < -0.3 is 9.47 Å². The van der Waals surface area contributed by atoms with Crippen LogP contribution in [0.3, 0.4) is 0 Å². The van der Waals surface area contributed by atoms with Crippen LogP contribution in [-0.4, -0.2) is 4.57 Å². The Balaban J connectivity index is 1.02. The summed E-state index contributed by atoms with van der Waals surface area (Å²) in [7, 11) is 0. The van der Waals surface area contributed by atoms with Crippen molar-refractivity contribution in [3.8, 4) is 61.3 Å². The monoisotopic (exact) mass is 840 g/mol. The standard InChI is InChI=1S/C64H44N2/c1-3-17-45(18-4-1)51-35-42-57(61(44-51)48-20-5-2-6-21-48)55-23-9-10-24-56(55)58-25-11-14-28-62(58)65(52-36-33-47(34-37-52)50-32-31-46-19-7-8-22-49(46)43-50)53-38-40-54(41-39-53)66-63-29-15-12-26-59(63)60-27-13-16-30-64(60)66/h1-44H. The molecule has 0 aliphatic carbocycles. The van der Waals surface area contributed by atoms with Crippen LogP contribution in [-0.2, 0) is 0 Å². The van der Waals surface area contributed by atoms with Crippen LogP contribution in [0.1, 0.15) is 0 Å². The van der Waals surface area contributed by atoms with E-state index in [1.807, 2.05) is 0 Å². The molecule has 0 N–H and O–H groups in total. The van der Waals surface area contributed by atoms with Gasteiger partial charge in [-0.25, -0.2) is 0 Å². The molecular formula is C64H44N2. The first-order chi connectivity index (χ1) is 32.7. The van der Waals surface area contributed by atoms with Crippen molar-refractivity contribution >= 4 is 49.6 Å². The van der Waals surface area contributed by atoms with Gasteiger partial charge in [0.2, 0.25) is 0 Å². The Morgan fingerprint density at radius 3 is 1.39 bits per heavy atom. The summed E-state index contributed by atoms with van der Waals surface area (Å²) >= 11 is 0. The Morgan fingerprint density at radius 1 is 0.258 bits per heavy atom. The molecule has 0 unspecified atom stereocenters. The number of anilines is 3. The smallest absolute Gasteiger partial charge is 0.0541 e. The van der Waals surface area contributed by atoms with E-state index in [2.05, 4.69) is 276 Å². The van der Waals surface area contributed by atoms with Crippen LogP contribution in [0.25, 0.3) is 93.9 Å². The summed E-state index contributed by atoms with van der Waals surface area (Å²) in [6, 6.07) is 97.0. The van der Waals surface area contributed by atoms with Crippen molar-refractivity contribution in [3.63, 3.8) is 0 Å². The maximum atomic E-state index is 2.42. The first-order valence-corrected chi connectivity index (χ1v) is 22.7. The Hall–Kier alpha value is -8.72. The van der Waals surface area contributed by atoms with E-state index in [1.165, 1.54) is 77.1 Å². The third kappa shape index (κ3) is 7.02. The van der Waals surface area contributed by atoms with Crippen LogP contribution in [0.2, 0.25) is 0 Å². The zero-order chi connectivity index (χ0) is 43.8. The van der Waals surface area contributed by atoms with Crippen LogP contribution in [0.15, 0.2) is 267 Å². The van der Waals surface area contributed by atoms with Crippen LogP contribution in [0.4, 0.5) is 17.1 Å². The van der Waals surface area contributed by atoms with Gasteiger partial charge in [-0.3, -0.25) is 0 Å². The van der Waals surface area contributed by atoms with Crippen molar-refractivity contribution < 1.29 is 0 Å². The highest BCUT2D eigenvalue weighted by Gasteiger charge is 2.21. The first kappa shape index (κ1) is 38.9. The molecule has 0 saturated carbocycles. The molecule has 0 bridgehead atoms. The summed E-state index contributed by atoms with van der Waals surface area (Å²) in [5.41, 5.74) is 18.6. The lowest BCUT2D eigenvalue weighted by Gasteiger charge is -2.29. The Labute approximate surface area is 385 Å². The van der Waals surface area contributed by atoms with Gasteiger partial charge in [-0.2, -0.15) is 0 Å². The van der Waals surface area contributed by atoms with Gasteiger partial charge in [0, 0.05) is 33.4 Å². The van der Waals surface area contributed by atoms with E-state index in [4.69, 9.17) is 0 Å². The second kappa shape index (κ2) is 16.8. The van der Waals surface area contributed by atoms with Gasteiger partial charge >= 0.3 is 0 Å². The number of aromatic nitrogens is 1. The number of para-hydroxylation sites is 3. The second-order valence-electron chi connectivity index (χ2n) is 16.9. The molecule has 11 aromatic carbocycles. The molecule has 2 nitrogen and oxygen atoms in total. The molecule has 1 heterocycles. The van der Waals surface area contributed by atoms with E-state index in [9.17, 15) is 0 Å². The van der Waals surface area contributed by atoms with Crippen molar-refractivity contribution in [2.24, 2.45) is 0 Å². The molecule has 12 aromatic rings. The molecule has 0 saturated heterocycles. The number of benzene rings is 11. The Bertz CT molecular complexity index is 3630. The molecule has 0 amide bonds. The number of nitrogens with zero attached hydrogens (tertiary/aromatic N) is 2. The summed E-state index contributed by atoms with van der Waals surface area (Å²) in [5, 5.41) is 4.99. The molecule has 0 fully saturated rings. The largest absolute Gasteiger partial charge is 0.310 e. The van der Waals surface area contributed by atoms with Gasteiger partial charge in [0.15, 0.2) is 0 Å². The zero-order valence-corrected chi connectivity index (χ0v) is 36.3. The number of fused-ring (bicyclic) bond motifs is 4. The quantitative estimate of drug-likeness (QED) is 0.141. The lowest BCUT2D eigenvalue weighted by Crippen LogP contribution is -2.11. The molecule has 0 spiro atoms. The normalized spacial score (nSPS) is 11.3. The van der Waals surface area contributed by atoms with E-state index in [0.717, 1.165) is 33.9 Å². The SMILES string of the molecule is c1ccc(-c2ccc(-c3ccccc3-c3ccccc3N(c3ccc(-c4ccc5ccccc5c4)cc3)c3ccc(-n4c5ccccc5c5ccccc54)cc3)c(-c3ccccc3)c2)cc1. The fraction of sp³-hybridized carbons (Fsp3) is 0. The molecule has 310 valence electrons. The fourth-order valence-electron chi connectivity index (χ4n) is 9.85. The maximum absolute atomic E-state index is 2.42. The van der Waals surface area contributed by atoms with Crippen molar-refractivity contribution in [2.75, 3.05) is 4.90 Å². The van der Waals surface area contributed by atoms with Crippen LogP contribution >= 0.6 is 0 Å². The highest BCUT2D eigenvalue weighted by molar-refractivity contribution is 6.09. The summed E-state index contributed by atoms with van der Waals surface area (Å²) in [6.07, 6.45) is 0. The third-order valence-corrected chi connectivity index (χ3v) is 13.0. The molecule has 0 radical (unpaired) electrons. The van der Waals surface area contributed by atoms with Gasteiger partial charge in [0.25, 0.3) is 0 Å². The second-order valence-corrected chi connectivity index (χ2v) is 16.9. The van der Waals surface area contributed by atoms with E-state index in [-0.39, 0.29) is 0 Å². The van der Waals surface area contributed by atoms with Crippen LogP contribution in [0.5, 0.6) is 0 Å². The topological polar surface area (TPSA) is 8.17 Å². The minimum absolute atomic E-state index is 1.07. The van der Waals surface area contributed by atoms with Gasteiger partial charge in [-0.05, 0) is 128 Å². The lowest BCUT2D eigenvalue weighted by atomic mass is 9.87. The van der Waals surface area contributed by atoms with E-state index in [1.54, 1.807) is 0 Å². The molecule has 1 aromatic heterocycles. The molecule has 66 heavy (non-hydrogen) atoms. The zero-order valence-electron chi connectivity index (χ0n) is 36.3. The Kier molecular flexibility index (Phi) is 9.89. The highest BCUT2D eigenvalue weighted by Crippen LogP contribution is 2.46. The minimum Gasteiger partial charge on any atom is -0.310 e. The third-order valence-electron chi connectivity index (χ3n) is 13.0. The predicted octanol–water partition coefficient (Wildman–Crippen LogP) is 17.7. The summed E-state index contributed by atoms with van der Waals surface area (Å²) < 4.78 is 2.38. The fourth-order valence-corrected chi connectivity index (χ4v) is 9.85. The maximum Gasteiger partial charge on any atom is 0.0541 e. The predicted molar refractivity (Wildman–Crippen MR) is 280 cm³/mol. The Morgan fingerprint density at radius 2 is 0.712 bits per heavy atom. The average molecular weight is 841 g/mol. The van der Waals surface area contributed by atoms with Gasteiger partial charge in [-0.15, -0.1) is 0 Å². The molecule has 2 heteroatoms. The van der Waals surface area contributed by atoms with Gasteiger partial charge in [0.1, 0.15) is 0 Å². The summed E-state index contributed by atoms with van der Waals surface area (Å²) in [5.74, 6) is 0. The molecule has 12 rings (SSSR count). The first-order valence-electron chi connectivity index (χ1n) is 22.7. The summed E-state index contributed by atoms with van der Waals surface area (Å²) in [6.45, 7) is 0. The van der Waals surface area contributed by atoms with E-state index < -0.39 is 0 Å². The molecular weight excluding hydrogens is 797 g/mol.